The normalized spacial score (nSPS) is 24.8. The van der Waals surface area contributed by atoms with Crippen molar-refractivity contribution >= 4 is 11.9 Å². The fraction of sp³-hybridized carbons (Fsp3) is 0.647. The average molecular weight is 321 g/mol. The van der Waals surface area contributed by atoms with E-state index in [4.69, 9.17) is 14.3 Å². The van der Waals surface area contributed by atoms with Gasteiger partial charge in [-0.25, -0.2) is 4.79 Å². The molecule has 126 valence electrons. The van der Waals surface area contributed by atoms with Crippen LogP contribution in [0.15, 0.2) is 10.5 Å². The predicted molar refractivity (Wildman–Crippen MR) is 82.6 cm³/mol. The van der Waals surface area contributed by atoms with Gasteiger partial charge < -0.3 is 19.6 Å². The number of carboxylic acid groups (broad SMARTS) is 1. The molecule has 23 heavy (non-hydrogen) atoms. The number of nitrogens with one attached hydrogen (secondary N) is 1. The number of aryl methyl sites for hydroxylation is 1. The van der Waals surface area contributed by atoms with E-state index in [1.54, 1.807) is 6.92 Å². The van der Waals surface area contributed by atoms with Crippen LogP contribution in [0.2, 0.25) is 0 Å². The highest BCUT2D eigenvalue weighted by atomic mass is 16.5. The molecule has 2 aliphatic carbocycles. The highest BCUT2D eigenvalue weighted by Crippen LogP contribution is 2.57. The van der Waals surface area contributed by atoms with Crippen LogP contribution in [-0.4, -0.2) is 35.7 Å². The largest absolute Gasteiger partial charge is 0.478 e. The third kappa shape index (κ3) is 2.55. The molecular formula is C17H23NO5. The van der Waals surface area contributed by atoms with E-state index < -0.39 is 5.97 Å². The SMILES string of the molecule is CCOC1CC(NC(=O)c2cc(C(=O)O)c(CC)o2)C12CCC2. The second-order valence-corrected chi connectivity index (χ2v) is 6.40. The summed E-state index contributed by atoms with van der Waals surface area (Å²) >= 11 is 0. The van der Waals surface area contributed by atoms with Crippen molar-refractivity contribution in [1.82, 2.24) is 5.32 Å². The summed E-state index contributed by atoms with van der Waals surface area (Å²) in [6.45, 7) is 4.48. The lowest BCUT2D eigenvalue weighted by Gasteiger charge is -2.60. The van der Waals surface area contributed by atoms with E-state index in [2.05, 4.69) is 5.32 Å². The summed E-state index contributed by atoms with van der Waals surface area (Å²) in [6.07, 6.45) is 4.79. The molecule has 6 nitrogen and oxygen atoms in total. The zero-order valence-electron chi connectivity index (χ0n) is 13.6. The Morgan fingerprint density at radius 3 is 2.65 bits per heavy atom. The van der Waals surface area contributed by atoms with Crippen LogP contribution in [-0.2, 0) is 11.2 Å². The number of rotatable bonds is 6. The van der Waals surface area contributed by atoms with Gasteiger partial charge in [-0.15, -0.1) is 0 Å². The Bertz CT molecular complexity index is 616. The zero-order valence-corrected chi connectivity index (χ0v) is 13.6. The molecule has 2 aliphatic rings. The van der Waals surface area contributed by atoms with E-state index in [0.717, 1.165) is 19.3 Å². The Morgan fingerprint density at radius 2 is 2.17 bits per heavy atom. The maximum absolute atomic E-state index is 12.4. The van der Waals surface area contributed by atoms with Crippen molar-refractivity contribution < 1.29 is 23.8 Å². The summed E-state index contributed by atoms with van der Waals surface area (Å²) in [5.74, 6) is -0.992. The summed E-state index contributed by atoms with van der Waals surface area (Å²) < 4.78 is 11.2. The summed E-state index contributed by atoms with van der Waals surface area (Å²) in [7, 11) is 0. The molecule has 0 saturated heterocycles. The lowest BCUT2D eigenvalue weighted by molar-refractivity contribution is -0.169. The molecule has 2 atom stereocenters. The van der Waals surface area contributed by atoms with Gasteiger partial charge in [0.05, 0.1) is 6.10 Å². The minimum atomic E-state index is -1.07. The number of hydrogen-bond acceptors (Lipinski definition) is 4. The van der Waals surface area contributed by atoms with Gasteiger partial charge in [-0.1, -0.05) is 13.3 Å². The molecule has 0 bridgehead atoms. The number of carbonyl (C=O) groups excluding carboxylic acids is 1. The molecule has 6 heteroatoms. The summed E-state index contributed by atoms with van der Waals surface area (Å²) in [5, 5.41) is 12.2. The molecule has 3 rings (SSSR count). The molecule has 1 amide bonds. The maximum Gasteiger partial charge on any atom is 0.339 e. The molecule has 1 heterocycles. The van der Waals surface area contributed by atoms with Crippen LogP contribution in [0.4, 0.5) is 0 Å². The zero-order chi connectivity index (χ0) is 16.6. The quantitative estimate of drug-likeness (QED) is 0.841. The first-order valence-corrected chi connectivity index (χ1v) is 8.30. The van der Waals surface area contributed by atoms with E-state index in [9.17, 15) is 9.59 Å². The minimum absolute atomic E-state index is 0.0665. The minimum Gasteiger partial charge on any atom is -0.478 e. The molecule has 1 aromatic rings. The van der Waals surface area contributed by atoms with E-state index >= 15 is 0 Å². The Hall–Kier alpha value is -1.82. The van der Waals surface area contributed by atoms with E-state index in [-0.39, 0.29) is 34.8 Å². The number of furan rings is 1. The molecule has 1 spiro atoms. The molecule has 2 N–H and O–H groups in total. The number of hydrogen-bond donors (Lipinski definition) is 2. The molecule has 0 aliphatic heterocycles. The third-order valence-corrected chi connectivity index (χ3v) is 5.33. The van der Waals surface area contributed by atoms with E-state index in [0.29, 0.717) is 18.8 Å². The topological polar surface area (TPSA) is 88.8 Å². The van der Waals surface area contributed by atoms with E-state index in [1.807, 2.05) is 6.92 Å². The lowest BCUT2D eigenvalue weighted by Crippen LogP contribution is -2.67. The van der Waals surface area contributed by atoms with Gasteiger partial charge in [0.15, 0.2) is 5.76 Å². The fourth-order valence-electron chi connectivity index (χ4n) is 3.85. The Labute approximate surface area is 135 Å². The number of carboxylic acids is 1. The van der Waals surface area contributed by atoms with Crippen molar-refractivity contribution in [2.75, 3.05) is 6.61 Å². The van der Waals surface area contributed by atoms with Crippen molar-refractivity contribution in [3.8, 4) is 0 Å². The first-order valence-electron chi connectivity index (χ1n) is 8.30. The van der Waals surface area contributed by atoms with Crippen LogP contribution in [0.1, 0.15) is 66.2 Å². The molecule has 2 saturated carbocycles. The molecule has 1 aromatic heterocycles. The Balaban J connectivity index is 1.69. The van der Waals surface area contributed by atoms with Crippen molar-refractivity contribution in [1.29, 1.82) is 0 Å². The highest BCUT2D eigenvalue weighted by molar-refractivity contribution is 5.96. The van der Waals surface area contributed by atoms with Crippen LogP contribution in [0.5, 0.6) is 0 Å². The molecule has 2 fully saturated rings. The average Bonchev–Trinajstić information content (AvgIpc) is 2.88. The molecule has 2 unspecified atom stereocenters. The van der Waals surface area contributed by atoms with Crippen LogP contribution in [0.3, 0.4) is 0 Å². The monoisotopic (exact) mass is 321 g/mol. The van der Waals surface area contributed by atoms with Crippen molar-refractivity contribution in [3.63, 3.8) is 0 Å². The lowest BCUT2D eigenvalue weighted by atomic mass is 9.51. The fourth-order valence-corrected chi connectivity index (χ4v) is 3.85. The molecular weight excluding hydrogens is 298 g/mol. The first kappa shape index (κ1) is 16.1. The van der Waals surface area contributed by atoms with Gasteiger partial charge in [-0.05, 0) is 26.2 Å². The second-order valence-electron chi connectivity index (χ2n) is 6.40. The van der Waals surface area contributed by atoms with Crippen molar-refractivity contribution in [3.05, 3.63) is 23.2 Å². The van der Waals surface area contributed by atoms with Gasteiger partial charge in [-0.3, -0.25) is 4.79 Å². The van der Waals surface area contributed by atoms with Gasteiger partial charge >= 0.3 is 5.97 Å². The predicted octanol–water partition coefficient (Wildman–Crippen LogP) is 2.62. The van der Waals surface area contributed by atoms with Gasteiger partial charge in [0, 0.05) is 30.6 Å². The number of carbonyl (C=O) groups is 2. The number of aromatic carboxylic acids is 1. The first-order chi connectivity index (χ1) is 11.0. The summed E-state index contributed by atoms with van der Waals surface area (Å²) in [6, 6.07) is 1.41. The van der Waals surface area contributed by atoms with Gasteiger partial charge in [0.2, 0.25) is 0 Å². The maximum atomic E-state index is 12.4. The van der Waals surface area contributed by atoms with Crippen LogP contribution in [0.25, 0.3) is 0 Å². The van der Waals surface area contributed by atoms with Gasteiger partial charge in [-0.2, -0.15) is 0 Å². The number of amides is 1. The number of ether oxygens (including phenoxy) is 1. The Kier molecular flexibility index (Phi) is 4.19. The van der Waals surface area contributed by atoms with E-state index in [1.165, 1.54) is 12.5 Å². The smallest absolute Gasteiger partial charge is 0.339 e. The summed E-state index contributed by atoms with van der Waals surface area (Å²) in [5.41, 5.74) is 0.137. The van der Waals surface area contributed by atoms with Gasteiger partial charge in [0.1, 0.15) is 11.3 Å². The standard InChI is InChI=1S/C17H23NO5/c1-3-11-10(16(20)21)8-12(23-11)15(19)18-13-9-14(22-4-2)17(13)6-5-7-17/h8,13-14H,3-7,9H2,1-2H3,(H,18,19)(H,20,21). The van der Waals surface area contributed by atoms with Crippen molar-refractivity contribution in [2.45, 2.75) is 58.1 Å². The third-order valence-electron chi connectivity index (χ3n) is 5.33. The molecule has 0 aromatic carbocycles. The van der Waals surface area contributed by atoms with Gasteiger partial charge in [0.25, 0.3) is 5.91 Å². The Morgan fingerprint density at radius 1 is 1.43 bits per heavy atom. The van der Waals surface area contributed by atoms with Crippen LogP contribution < -0.4 is 5.32 Å². The van der Waals surface area contributed by atoms with Crippen molar-refractivity contribution in [2.24, 2.45) is 5.41 Å². The van der Waals surface area contributed by atoms with Crippen LogP contribution in [0, 0.1) is 5.41 Å². The second kappa shape index (κ2) is 6.00. The molecule has 0 radical (unpaired) electrons. The summed E-state index contributed by atoms with van der Waals surface area (Å²) in [4.78, 5) is 23.6. The van der Waals surface area contributed by atoms with Crippen LogP contribution >= 0.6 is 0 Å². The highest BCUT2D eigenvalue weighted by Gasteiger charge is 2.59.